The molecule has 1 N–H and O–H groups in total. The molecule has 0 aromatic heterocycles. The number of carbonyl (C=O) groups excluding carboxylic acids is 1. The van der Waals surface area contributed by atoms with Crippen molar-refractivity contribution in [1.29, 1.82) is 0 Å². The van der Waals surface area contributed by atoms with Crippen molar-refractivity contribution < 1.29 is 28.9 Å². The summed E-state index contributed by atoms with van der Waals surface area (Å²) in [5.41, 5.74) is 0.0713. The van der Waals surface area contributed by atoms with Crippen LogP contribution in [0.4, 0.5) is 4.79 Å². The molecule has 2 rings (SSSR count). The van der Waals surface area contributed by atoms with E-state index in [0.29, 0.717) is 17.1 Å². The second-order valence-corrected chi connectivity index (χ2v) is 7.04. The van der Waals surface area contributed by atoms with Crippen LogP contribution >= 0.6 is 0 Å². The highest BCUT2D eigenvalue weighted by atomic mass is 16.6. The van der Waals surface area contributed by atoms with Gasteiger partial charge in [-0.15, -0.1) is 0 Å². The Morgan fingerprint density at radius 2 is 1.84 bits per heavy atom. The summed E-state index contributed by atoms with van der Waals surface area (Å²) in [7, 11) is 3.07. The quantitative estimate of drug-likeness (QED) is 0.898. The van der Waals surface area contributed by atoms with Crippen LogP contribution in [0, 0.1) is 5.92 Å². The van der Waals surface area contributed by atoms with Crippen LogP contribution in [-0.4, -0.2) is 55.0 Å². The van der Waals surface area contributed by atoms with E-state index in [2.05, 4.69) is 0 Å². The summed E-state index contributed by atoms with van der Waals surface area (Å²) in [4.78, 5) is 25.5. The Hall–Kier alpha value is -2.44. The first kappa shape index (κ1) is 18.9. The molecule has 1 heterocycles. The van der Waals surface area contributed by atoms with E-state index in [9.17, 15) is 14.7 Å². The molecule has 2 atom stereocenters. The van der Waals surface area contributed by atoms with Gasteiger partial charge < -0.3 is 24.2 Å². The molecule has 0 spiro atoms. The summed E-state index contributed by atoms with van der Waals surface area (Å²) >= 11 is 0. The summed E-state index contributed by atoms with van der Waals surface area (Å²) in [5.74, 6) is -0.928. The van der Waals surface area contributed by atoms with Crippen molar-refractivity contribution in [2.45, 2.75) is 32.3 Å². The van der Waals surface area contributed by atoms with Crippen LogP contribution in [0.3, 0.4) is 0 Å². The molecule has 0 radical (unpaired) electrons. The summed E-state index contributed by atoms with van der Waals surface area (Å²) in [5, 5.41) is 9.62. The Morgan fingerprint density at radius 1 is 1.16 bits per heavy atom. The number of methoxy groups -OCH3 is 2. The van der Waals surface area contributed by atoms with Gasteiger partial charge in [0.1, 0.15) is 17.1 Å². The highest BCUT2D eigenvalue weighted by Gasteiger charge is 2.43. The SMILES string of the molecule is COc1ccc(OC)c([C@@H]2CN(C(=O)OC(C)(C)C)C[C@H]2C(=O)O)c1. The van der Waals surface area contributed by atoms with Gasteiger partial charge in [-0.1, -0.05) is 0 Å². The van der Waals surface area contributed by atoms with E-state index in [4.69, 9.17) is 14.2 Å². The molecule has 0 aliphatic carbocycles. The molecular weight excluding hydrogens is 326 g/mol. The maximum Gasteiger partial charge on any atom is 0.410 e. The number of aliphatic carboxylic acids is 1. The van der Waals surface area contributed by atoms with Gasteiger partial charge in [0.05, 0.1) is 20.1 Å². The van der Waals surface area contributed by atoms with Gasteiger partial charge in [-0.05, 0) is 39.0 Å². The van der Waals surface area contributed by atoms with E-state index in [1.165, 1.54) is 12.0 Å². The molecule has 1 aliphatic heterocycles. The fourth-order valence-corrected chi connectivity index (χ4v) is 2.97. The second kappa shape index (κ2) is 7.21. The fourth-order valence-electron chi connectivity index (χ4n) is 2.97. The minimum Gasteiger partial charge on any atom is -0.497 e. The van der Waals surface area contributed by atoms with Crippen LogP contribution in [0.2, 0.25) is 0 Å². The Labute approximate surface area is 147 Å². The van der Waals surface area contributed by atoms with Crippen LogP contribution in [0.25, 0.3) is 0 Å². The smallest absolute Gasteiger partial charge is 0.410 e. The number of benzene rings is 1. The van der Waals surface area contributed by atoms with Crippen molar-refractivity contribution in [1.82, 2.24) is 4.90 Å². The highest BCUT2D eigenvalue weighted by molar-refractivity contribution is 5.76. The van der Waals surface area contributed by atoms with Gasteiger partial charge in [0.15, 0.2) is 0 Å². The van der Waals surface area contributed by atoms with E-state index >= 15 is 0 Å². The summed E-state index contributed by atoms with van der Waals surface area (Å²) in [6, 6.07) is 5.25. The van der Waals surface area contributed by atoms with Crippen LogP contribution in [-0.2, 0) is 9.53 Å². The Kier molecular flexibility index (Phi) is 5.45. The molecule has 7 nitrogen and oxygen atoms in total. The van der Waals surface area contributed by atoms with E-state index in [0.717, 1.165) is 0 Å². The van der Waals surface area contributed by atoms with Crippen LogP contribution in [0.5, 0.6) is 11.5 Å². The number of hydrogen-bond donors (Lipinski definition) is 1. The van der Waals surface area contributed by atoms with Crippen molar-refractivity contribution in [2.75, 3.05) is 27.3 Å². The summed E-state index contributed by atoms with van der Waals surface area (Å²) in [6.07, 6.45) is -0.511. The topological polar surface area (TPSA) is 85.3 Å². The minimum atomic E-state index is -0.957. The van der Waals surface area contributed by atoms with Gasteiger partial charge in [-0.3, -0.25) is 4.79 Å². The third kappa shape index (κ3) is 4.35. The molecule has 1 aromatic carbocycles. The molecule has 25 heavy (non-hydrogen) atoms. The summed E-state index contributed by atoms with van der Waals surface area (Å²) in [6.45, 7) is 5.67. The van der Waals surface area contributed by atoms with Crippen molar-refractivity contribution >= 4 is 12.1 Å². The van der Waals surface area contributed by atoms with Crippen molar-refractivity contribution in [3.05, 3.63) is 23.8 Å². The monoisotopic (exact) mass is 351 g/mol. The standard InChI is InChI=1S/C18H25NO6/c1-18(2,3)25-17(22)19-9-13(14(10-19)16(20)21)12-8-11(23-4)6-7-15(12)24-5/h6-8,13-14H,9-10H2,1-5H3,(H,20,21)/t13-,14+/m0/s1. The maximum atomic E-state index is 12.3. The van der Waals surface area contributed by atoms with Crippen molar-refractivity contribution in [3.63, 3.8) is 0 Å². The second-order valence-electron chi connectivity index (χ2n) is 7.04. The van der Waals surface area contributed by atoms with E-state index in [1.807, 2.05) is 0 Å². The Morgan fingerprint density at radius 3 is 2.36 bits per heavy atom. The molecule has 0 unspecified atom stereocenters. The maximum absolute atomic E-state index is 12.3. The van der Waals surface area contributed by atoms with Crippen LogP contribution < -0.4 is 9.47 Å². The Bertz CT molecular complexity index is 651. The lowest BCUT2D eigenvalue weighted by Gasteiger charge is -2.24. The molecule has 1 aromatic rings. The first-order valence-electron chi connectivity index (χ1n) is 8.09. The lowest BCUT2D eigenvalue weighted by Crippen LogP contribution is -2.35. The zero-order chi connectivity index (χ0) is 18.8. The third-order valence-electron chi connectivity index (χ3n) is 4.13. The molecule has 1 fully saturated rings. The molecule has 7 heteroatoms. The zero-order valence-corrected chi connectivity index (χ0v) is 15.2. The van der Waals surface area contributed by atoms with E-state index in [1.54, 1.807) is 46.1 Å². The van der Waals surface area contributed by atoms with Gasteiger partial charge >= 0.3 is 12.1 Å². The van der Waals surface area contributed by atoms with Gasteiger partial charge in [0.25, 0.3) is 0 Å². The predicted octanol–water partition coefficient (Wildman–Crippen LogP) is 2.74. The number of likely N-dealkylation sites (tertiary alicyclic amines) is 1. The van der Waals surface area contributed by atoms with E-state index < -0.39 is 29.5 Å². The number of carbonyl (C=O) groups is 2. The van der Waals surface area contributed by atoms with Gasteiger partial charge in [-0.2, -0.15) is 0 Å². The predicted molar refractivity (Wildman–Crippen MR) is 91.2 cm³/mol. The zero-order valence-electron chi connectivity index (χ0n) is 15.2. The van der Waals surface area contributed by atoms with E-state index in [-0.39, 0.29) is 13.1 Å². The number of carboxylic acid groups (broad SMARTS) is 1. The number of carboxylic acids is 1. The highest BCUT2D eigenvalue weighted by Crippen LogP contribution is 2.39. The lowest BCUT2D eigenvalue weighted by atomic mass is 9.88. The number of ether oxygens (including phenoxy) is 3. The molecule has 0 bridgehead atoms. The lowest BCUT2D eigenvalue weighted by molar-refractivity contribution is -0.141. The fraction of sp³-hybridized carbons (Fsp3) is 0.556. The average molecular weight is 351 g/mol. The average Bonchev–Trinajstić information content (AvgIpc) is 2.98. The first-order valence-corrected chi connectivity index (χ1v) is 8.09. The van der Waals surface area contributed by atoms with Crippen LogP contribution in [0.15, 0.2) is 18.2 Å². The largest absolute Gasteiger partial charge is 0.497 e. The molecule has 1 aliphatic rings. The van der Waals surface area contributed by atoms with Gasteiger partial charge in [0.2, 0.25) is 0 Å². The third-order valence-corrected chi connectivity index (χ3v) is 4.13. The van der Waals surface area contributed by atoms with Crippen molar-refractivity contribution in [3.8, 4) is 11.5 Å². The minimum absolute atomic E-state index is 0.0925. The number of hydrogen-bond acceptors (Lipinski definition) is 5. The number of rotatable bonds is 4. The first-order chi connectivity index (χ1) is 11.7. The molecule has 1 amide bonds. The molecule has 0 saturated carbocycles. The number of nitrogens with zero attached hydrogens (tertiary/aromatic N) is 1. The molecule has 138 valence electrons. The molecule has 1 saturated heterocycles. The Balaban J connectivity index is 2.33. The summed E-state index contributed by atoms with van der Waals surface area (Å²) < 4.78 is 16.0. The van der Waals surface area contributed by atoms with Crippen molar-refractivity contribution in [2.24, 2.45) is 5.92 Å². The van der Waals surface area contributed by atoms with Gasteiger partial charge in [0, 0.05) is 24.6 Å². The number of amides is 1. The molecular formula is C18H25NO6. The van der Waals surface area contributed by atoms with Gasteiger partial charge in [-0.25, -0.2) is 4.79 Å². The van der Waals surface area contributed by atoms with Crippen LogP contribution in [0.1, 0.15) is 32.3 Å². The normalized spacial score (nSPS) is 20.3.